The Bertz CT molecular complexity index is 1280. The summed E-state index contributed by atoms with van der Waals surface area (Å²) >= 11 is 0. The lowest BCUT2D eigenvalue weighted by Gasteiger charge is -2.44. The molecular formula is C27H32N2O5. The SMILES string of the molecule is C=C1C2=C(C=C3c4nc5ccc(O)cc5c(CC)c4CN13)[C@](CC)(OC(C)(C)C)C(=O)OC2.O. The van der Waals surface area contributed by atoms with Crippen LogP contribution >= 0.6 is 0 Å². The number of hydrogen-bond donors (Lipinski definition) is 1. The number of carbonyl (C=O) groups is 1. The number of esters is 1. The van der Waals surface area contributed by atoms with Gasteiger partial charge in [0.05, 0.1) is 29.1 Å². The molecule has 3 N–H and O–H groups in total. The Morgan fingerprint density at radius 3 is 2.68 bits per heavy atom. The van der Waals surface area contributed by atoms with Gasteiger partial charge in [0.2, 0.25) is 0 Å². The number of pyridine rings is 1. The molecule has 0 radical (unpaired) electrons. The van der Waals surface area contributed by atoms with Gasteiger partial charge in [-0.25, -0.2) is 9.78 Å². The zero-order valence-electron chi connectivity index (χ0n) is 20.4. The van der Waals surface area contributed by atoms with Gasteiger partial charge in [0.15, 0.2) is 5.60 Å². The molecule has 34 heavy (non-hydrogen) atoms. The van der Waals surface area contributed by atoms with Crippen LogP contribution in [0.1, 0.15) is 57.9 Å². The molecule has 0 unspecified atom stereocenters. The Morgan fingerprint density at radius 1 is 1.29 bits per heavy atom. The molecule has 0 saturated heterocycles. The zero-order chi connectivity index (χ0) is 23.7. The van der Waals surface area contributed by atoms with Crippen molar-refractivity contribution < 1.29 is 24.9 Å². The van der Waals surface area contributed by atoms with E-state index in [1.165, 1.54) is 5.56 Å². The van der Waals surface area contributed by atoms with Gasteiger partial charge in [0, 0.05) is 27.8 Å². The highest BCUT2D eigenvalue weighted by molar-refractivity contribution is 5.93. The van der Waals surface area contributed by atoms with E-state index in [1.54, 1.807) is 12.1 Å². The second-order valence-corrected chi connectivity index (χ2v) is 9.90. The van der Waals surface area contributed by atoms with Crippen LogP contribution in [0.2, 0.25) is 0 Å². The minimum absolute atomic E-state index is 0. The average Bonchev–Trinajstić information content (AvgIpc) is 3.12. The number of carbonyl (C=O) groups excluding carboxylic acids is 1. The number of aryl methyl sites for hydroxylation is 1. The van der Waals surface area contributed by atoms with Crippen molar-refractivity contribution in [2.75, 3.05) is 6.61 Å². The number of fused-ring (bicyclic) bond motifs is 4. The number of phenols is 1. The van der Waals surface area contributed by atoms with E-state index in [0.29, 0.717) is 13.0 Å². The maximum atomic E-state index is 13.1. The quantitative estimate of drug-likeness (QED) is 0.684. The average molecular weight is 465 g/mol. The van der Waals surface area contributed by atoms with E-state index in [0.717, 1.165) is 51.1 Å². The van der Waals surface area contributed by atoms with Gasteiger partial charge in [-0.15, -0.1) is 0 Å². The molecule has 0 bridgehead atoms. The van der Waals surface area contributed by atoms with Crippen molar-refractivity contribution in [1.82, 2.24) is 9.88 Å². The van der Waals surface area contributed by atoms with Crippen LogP contribution in [-0.2, 0) is 27.2 Å². The van der Waals surface area contributed by atoms with Gasteiger partial charge in [-0.1, -0.05) is 20.4 Å². The lowest BCUT2D eigenvalue weighted by molar-refractivity contribution is -0.185. The van der Waals surface area contributed by atoms with Crippen molar-refractivity contribution in [2.45, 2.75) is 65.2 Å². The van der Waals surface area contributed by atoms with Crippen molar-refractivity contribution in [3.8, 4) is 5.75 Å². The first kappa shape index (κ1) is 24.0. The van der Waals surface area contributed by atoms with Crippen LogP contribution in [-0.4, -0.2) is 44.2 Å². The van der Waals surface area contributed by atoms with Crippen molar-refractivity contribution in [3.63, 3.8) is 0 Å². The smallest absolute Gasteiger partial charge is 0.343 e. The van der Waals surface area contributed by atoms with Crippen molar-refractivity contribution in [2.24, 2.45) is 0 Å². The summed E-state index contributed by atoms with van der Waals surface area (Å²) in [5, 5.41) is 11.0. The number of hydrogen-bond acceptors (Lipinski definition) is 6. The second kappa shape index (κ2) is 7.96. The summed E-state index contributed by atoms with van der Waals surface area (Å²) in [5.74, 6) is -0.121. The third-order valence-electron chi connectivity index (χ3n) is 6.76. The fourth-order valence-corrected chi connectivity index (χ4v) is 5.36. The van der Waals surface area contributed by atoms with E-state index in [4.69, 9.17) is 14.5 Å². The summed E-state index contributed by atoms with van der Waals surface area (Å²) in [7, 11) is 0. The summed E-state index contributed by atoms with van der Waals surface area (Å²) in [6.45, 7) is 15.1. The molecule has 1 aromatic carbocycles. The Labute approximate surface area is 199 Å². The van der Waals surface area contributed by atoms with Gasteiger partial charge >= 0.3 is 5.97 Å². The van der Waals surface area contributed by atoms with Crippen LogP contribution in [0.4, 0.5) is 0 Å². The molecule has 180 valence electrons. The Kier molecular flexibility index (Phi) is 5.61. The van der Waals surface area contributed by atoms with Crippen molar-refractivity contribution in [1.29, 1.82) is 0 Å². The van der Waals surface area contributed by atoms with E-state index >= 15 is 0 Å². The Morgan fingerprint density at radius 2 is 2.03 bits per heavy atom. The molecule has 5 rings (SSSR count). The van der Waals surface area contributed by atoms with Gasteiger partial charge in [0.1, 0.15) is 12.4 Å². The molecule has 1 aromatic heterocycles. The number of rotatable bonds is 3. The van der Waals surface area contributed by atoms with E-state index in [2.05, 4.69) is 24.5 Å². The topological polar surface area (TPSA) is 103 Å². The Balaban J connectivity index is 0.00000274. The number of aromatic hydroxyl groups is 1. The van der Waals surface area contributed by atoms with E-state index < -0.39 is 11.2 Å². The number of phenolic OH excluding ortho intramolecular Hbond substituents is 1. The van der Waals surface area contributed by atoms with Gasteiger partial charge in [-0.05, 0) is 63.5 Å². The van der Waals surface area contributed by atoms with Crippen LogP contribution in [0.3, 0.4) is 0 Å². The largest absolute Gasteiger partial charge is 0.508 e. The van der Waals surface area contributed by atoms with Crippen LogP contribution in [0, 0.1) is 0 Å². The molecule has 7 heteroatoms. The number of nitrogens with zero attached hydrogens (tertiary/aromatic N) is 2. The minimum Gasteiger partial charge on any atom is -0.508 e. The lowest BCUT2D eigenvalue weighted by Crippen LogP contribution is -2.52. The first-order chi connectivity index (χ1) is 15.6. The summed E-state index contributed by atoms with van der Waals surface area (Å²) in [6.07, 6.45) is 3.33. The molecule has 7 nitrogen and oxygen atoms in total. The summed E-state index contributed by atoms with van der Waals surface area (Å²) in [5.41, 5.74) is 5.79. The molecule has 0 amide bonds. The summed E-state index contributed by atoms with van der Waals surface area (Å²) < 4.78 is 12.1. The first-order valence-corrected chi connectivity index (χ1v) is 11.5. The fraction of sp³-hybridized carbons (Fsp3) is 0.407. The third kappa shape index (κ3) is 3.34. The molecule has 0 saturated carbocycles. The minimum atomic E-state index is -1.19. The third-order valence-corrected chi connectivity index (χ3v) is 6.76. The van der Waals surface area contributed by atoms with Gasteiger partial charge in [-0.2, -0.15) is 0 Å². The normalized spacial score (nSPS) is 21.6. The summed E-state index contributed by atoms with van der Waals surface area (Å²) in [6, 6.07) is 5.31. The predicted molar refractivity (Wildman–Crippen MR) is 131 cm³/mol. The zero-order valence-corrected chi connectivity index (χ0v) is 20.4. The van der Waals surface area contributed by atoms with Gasteiger partial charge < -0.3 is 25.0 Å². The monoisotopic (exact) mass is 464 g/mol. The van der Waals surface area contributed by atoms with E-state index in [-0.39, 0.29) is 23.8 Å². The molecule has 2 aromatic rings. The highest BCUT2D eigenvalue weighted by atomic mass is 16.6. The molecule has 4 heterocycles. The molecule has 0 aliphatic carbocycles. The lowest BCUT2D eigenvalue weighted by atomic mass is 9.81. The van der Waals surface area contributed by atoms with Gasteiger partial charge in [-0.3, -0.25) is 0 Å². The molecule has 0 fully saturated rings. The first-order valence-electron chi connectivity index (χ1n) is 11.5. The molecule has 3 aliphatic heterocycles. The number of benzene rings is 1. The Hall–Kier alpha value is -3.16. The molecule has 1 atom stereocenters. The standard InChI is InChI=1S/C27H30N2O4.H2O/c1-7-17-18-11-16(30)9-10-22(18)28-24-19(17)13-29-15(3)20-14-32-25(31)27(8-2,33-26(4,5)6)21(20)12-23(24)29;/h9-12,30H,3,7-8,13-14H2,1-2,4-6H3;1H2/t27-;/m0./s1. The number of cyclic esters (lactones) is 1. The highest BCUT2D eigenvalue weighted by Gasteiger charge is 2.52. The highest BCUT2D eigenvalue weighted by Crippen LogP contribution is 2.49. The van der Waals surface area contributed by atoms with Crippen LogP contribution in [0.5, 0.6) is 5.75 Å². The molecular weight excluding hydrogens is 432 g/mol. The maximum Gasteiger partial charge on any atom is 0.343 e. The van der Waals surface area contributed by atoms with Crippen LogP contribution < -0.4 is 0 Å². The van der Waals surface area contributed by atoms with E-state index in [1.807, 2.05) is 33.8 Å². The van der Waals surface area contributed by atoms with Crippen molar-refractivity contribution >= 4 is 22.6 Å². The van der Waals surface area contributed by atoms with Gasteiger partial charge in [0.25, 0.3) is 0 Å². The number of ether oxygens (including phenoxy) is 2. The van der Waals surface area contributed by atoms with E-state index in [9.17, 15) is 9.90 Å². The van der Waals surface area contributed by atoms with Crippen LogP contribution in [0.25, 0.3) is 16.6 Å². The number of aromatic nitrogens is 1. The second-order valence-electron chi connectivity index (χ2n) is 9.90. The molecule has 0 spiro atoms. The fourth-order valence-electron chi connectivity index (χ4n) is 5.36. The predicted octanol–water partition coefficient (Wildman–Crippen LogP) is 4.18. The molecule has 3 aliphatic rings. The maximum absolute atomic E-state index is 13.1. The summed E-state index contributed by atoms with van der Waals surface area (Å²) in [4.78, 5) is 20.3. The van der Waals surface area contributed by atoms with Crippen molar-refractivity contribution in [3.05, 3.63) is 64.5 Å². The van der Waals surface area contributed by atoms with Crippen LogP contribution in [0.15, 0.2) is 47.7 Å².